The Labute approximate surface area is 175 Å². The van der Waals surface area contributed by atoms with Crippen LogP contribution in [0.4, 0.5) is 20.6 Å². The molecule has 7 nitrogen and oxygen atoms in total. The molecule has 1 aromatic rings. The predicted molar refractivity (Wildman–Crippen MR) is 111 cm³/mol. The van der Waals surface area contributed by atoms with Crippen molar-refractivity contribution in [3.63, 3.8) is 0 Å². The lowest BCUT2D eigenvalue weighted by Crippen LogP contribution is -2.33. The molecule has 1 N–H and O–H groups in total. The third kappa shape index (κ3) is 4.72. The summed E-state index contributed by atoms with van der Waals surface area (Å²) in [5.41, 5.74) is 2.53. The Kier molecular flexibility index (Phi) is 6.58. The summed E-state index contributed by atoms with van der Waals surface area (Å²) in [6, 6.07) is 4.67. The van der Waals surface area contributed by atoms with Crippen LogP contribution in [0, 0.1) is 24.7 Å². The molecule has 8 heteroatoms. The third-order valence-electron chi connectivity index (χ3n) is 5.22. The van der Waals surface area contributed by atoms with Crippen molar-refractivity contribution in [1.82, 2.24) is 5.32 Å². The number of benzene rings is 1. The van der Waals surface area contributed by atoms with Gasteiger partial charge in [0.2, 0.25) is 5.91 Å². The number of amides is 2. The Bertz CT molecular complexity index is 950. The first kappa shape index (κ1) is 21.2. The van der Waals surface area contributed by atoms with Crippen molar-refractivity contribution in [3.8, 4) is 12.3 Å². The van der Waals surface area contributed by atoms with E-state index in [0.29, 0.717) is 49.4 Å². The van der Waals surface area contributed by atoms with E-state index in [9.17, 15) is 14.0 Å². The maximum Gasteiger partial charge on any atom is 0.414 e. The summed E-state index contributed by atoms with van der Waals surface area (Å²) in [6.07, 6.45) is 5.95. The van der Waals surface area contributed by atoms with Crippen LogP contribution in [0.1, 0.15) is 26.2 Å². The third-order valence-corrected chi connectivity index (χ3v) is 5.22. The number of rotatable bonds is 5. The zero-order valence-corrected chi connectivity index (χ0v) is 16.8. The predicted octanol–water partition coefficient (Wildman–Crippen LogP) is 3.08. The largest absolute Gasteiger partial charge is 0.442 e. The Morgan fingerprint density at radius 2 is 2.17 bits per heavy atom. The van der Waals surface area contributed by atoms with E-state index in [4.69, 9.17) is 17.7 Å². The van der Waals surface area contributed by atoms with Crippen molar-refractivity contribution >= 4 is 23.4 Å². The summed E-state index contributed by atoms with van der Waals surface area (Å²) in [4.78, 5) is 30.0. The molecule has 0 spiro atoms. The van der Waals surface area contributed by atoms with E-state index in [0.717, 1.165) is 5.57 Å². The summed E-state index contributed by atoms with van der Waals surface area (Å²) in [7, 11) is 0. The van der Waals surface area contributed by atoms with Gasteiger partial charge >= 0.3 is 6.09 Å². The Hall–Kier alpha value is -3.52. The molecule has 156 valence electrons. The molecule has 1 aromatic carbocycles. The number of carbonyl (C=O) groups is 2. The van der Waals surface area contributed by atoms with E-state index in [1.165, 1.54) is 17.9 Å². The zero-order valence-electron chi connectivity index (χ0n) is 16.8. The molecule has 0 bridgehead atoms. The second-order valence-electron chi connectivity index (χ2n) is 7.22. The van der Waals surface area contributed by atoms with E-state index >= 15 is 0 Å². The molecular formula is C22H23FN4O3. The number of nitrogens with one attached hydrogen (secondary N) is 1. The van der Waals surface area contributed by atoms with E-state index in [1.54, 1.807) is 12.1 Å². The molecule has 0 radical (unpaired) electrons. The fourth-order valence-electron chi connectivity index (χ4n) is 3.66. The van der Waals surface area contributed by atoms with Crippen LogP contribution in [0.5, 0.6) is 0 Å². The molecule has 30 heavy (non-hydrogen) atoms. The van der Waals surface area contributed by atoms with Crippen molar-refractivity contribution in [2.45, 2.75) is 32.3 Å². The number of anilines is 2. The lowest BCUT2D eigenvalue weighted by atomic mass is 9.99. The fourth-order valence-corrected chi connectivity index (χ4v) is 3.66. The first-order valence-electron chi connectivity index (χ1n) is 9.71. The normalized spacial score (nSPS) is 18.5. The Morgan fingerprint density at radius 1 is 1.43 bits per heavy atom. The summed E-state index contributed by atoms with van der Waals surface area (Å²) in [6.45, 7) is 10.3. The molecule has 0 unspecified atom stereocenters. The molecule has 2 amide bonds. The van der Waals surface area contributed by atoms with Crippen molar-refractivity contribution in [1.29, 1.82) is 0 Å². The number of hydrogen-bond donors (Lipinski definition) is 1. The number of terminal acetylenes is 1. The van der Waals surface area contributed by atoms with Gasteiger partial charge in [0.1, 0.15) is 11.9 Å². The minimum atomic E-state index is -0.564. The van der Waals surface area contributed by atoms with Crippen molar-refractivity contribution in [2.24, 2.45) is 0 Å². The summed E-state index contributed by atoms with van der Waals surface area (Å²) in [5, 5.41) is 2.61. The second-order valence-corrected chi connectivity index (χ2v) is 7.22. The first-order chi connectivity index (χ1) is 14.4. The van der Waals surface area contributed by atoms with Crippen LogP contribution < -0.4 is 15.1 Å². The van der Waals surface area contributed by atoms with Crippen LogP contribution in [0.3, 0.4) is 0 Å². The number of carbonyl (C=O) groups excluding carboxylic acids is 2. The highest BCUT2D eigenvalue weighted by molar-refractivity contribution is 5.90. The molecule has 2 fully saturated rings. The highest BCUT2D eigenvalue weighted by Gasteiger charge is 2.33. The summed E-state index contributed by atoms with van der Waals surface area (Å²) < 4.78 is 20.1. The second kappa shape index (κ2) is 9.32. The van der Waals surface area contributed by atoms with E-state index in [1.807, 2.05) is 4.90 Å². The van der Waals surface area contributed by atoms with Crippen molar-refractivity contribution < 1.29 is 18.7 Å². The Morgan fingerprint density at radius 3 is 2.77 bits per heavy atom. The lowest BCUT2D eigenvalue weighted by molar-refractivity contribution is -0.119. The highest BCUT2D eigenvalue weighted by atomic mass is 19.1. The summed E-state index contributed by atoms with van der Waals surface area (Å²) in [5.74, 6) is 1.88. The minimum Gasteiger partial charge on any atom is -0.442 e. The molecule has 0 aliphatic carbocycles. The number of ether oxygens (including phenoxy) is 1. The van der Waals surface area contributed by atoms with Gasteiger partial charge in [-0.3, -0.25) is 9.69 Å². The van der Waals surface area contributed by atoms with Gasteiger partial charge in [-0.2, -0.15) is 0 Å². The number of nitrogens with zero attached hydrogens (tertiary/aromatic N) is 3. The van der Waals surface area contributed by atoms with Gasteiger partial charge in [-0.1, -0.05) is 5.57 Å². The van der Waals surface area contributed by atoms with Crippen LogP contribution >= 0.6 is 0 Å². The van der Waals surface area contributed by atoms with Gasteiger partial charge in [0, 0.05) is 26.4 Å². The average molecular weight is 410 g/mol. The maximum atomic E-state index is 14.8. The summed E-state index contributed by atoms with van der Waals surface area (Å²) >= 11 is 0. The van der Waals surface area contributed by atoms with Crippen molar-refractivity contribution in [2.75, 3.05) is 36.0 Å². The highest BCUT2D eigenvalue weighted by Crippen LogP contribution is 2.31. The van der Waals surface area contributed by atoms with Gasteiger partial charge in [-0.25, -0.2) is 14.0 Å². The van der Waals surface area contributed by atoms with Crippen LogP contribution in [0.2, 0.25) is 0 Å². The molecule has 3 rings (SSSR count). The smallest absolute Gasteiger partial charge is 0.414 e. The fraction of sp³-hybridized carbons (Fsp3) is 0.409. The van der Waals surface area contributed by atoms with Gasteiger partial charge in [0.15, 0.2) is 5.70 Å². The van der Waals surface area contributed by atoms with E-state index in [-0.39, 0.29) is 19.0 Å². The first-order valence-corrected chi connectivity index (χ1v) is 9.71. The zero-order chi connectivity index (χ0) is 21.7. The molecule has 2 aliphatic heterocycles. The van der Waals surface area contributed by atoms with Crippen LogP contribution in [0.15, 0.2) is 29.5 Å². The number of hydrogen-bond acceptors (Lipinski definition) is 4. The number of allylic oxidation sites excluding steroid dienone is 1. The standard InChI is InChI=1S/C22H23FN4O3/c1-4-5-20(24-3)16-8-10-26(11-9-16)21-7-6-17(12-19(21)23)27-14-18(30-22(27)29)13-25-15(2)28/h1,6-7,12,18H,5,8-11,13-14H2,2H3,(H,25,28)/t18-/m0/s1. The molecular weight excluding hydrogens is 387 g/mol. The van der Waals surface area contributed by atoms with Crippen LogP contribution in [-0.2, 0) is 9.53 Å². The van der Waals surface area contributed by atoms with Gasteiger partial charge < -0.3 is 15.0 Å². The number of halogens is 1. The van der Waals surface area contributed by atoms with Gasteiger partial charge in [0.05, 0.1) is 31.0 Å². The Balaban J connectivity index is 1.67. The topological polar surface area (TPSA) is 66.2 Å². The molecule has 2 heterocycles. The number of cyclic esters (lactones) is 1. The molecule has 0 aromatic heterocycles. The minimum absolute atomic E-state index is 0.206. The average Bonchev–Trinajstić information content (AvgIpc) is 3.11. The monoisotopic (exact) mass is 410 g/mol. The quantitative estimate of drug-likeness (QED) is 0.599. The SMILES string of the molecule is [C-]#[N+]C(CC#C)=C1CCN(c2ccc(N3C[C@H](CNC(C)=O)OC3=O)cc2F)CC1. The van der Waals surface area contributed by atoms with Gasteiger partial charge in [-0.15, -0.1) is 12.3 Å². The van der Waals surface area contributed by atoms with E-state index in [2.05, 4.69) is 16.1 Å². The molecule has 1 atom stereocenters. The molecule has 2 aliphatic rings. The maximum absolute atomic E-state index is 14.8. The van der Waals surface area contributed by atoms with Gasteiger partial charge in [-0.05, 0) is 31.0 Å². The number of piperidine rings is 1. The van der Waals surface area contributed by atoms with Crippen LogP contribution in [0.25, 0.3) is 4.85 Å². The van der Waals surface area contributed by atoms with Crippen LogP contribution in [-0.4, -0.2) is 44.3 Å². The molecule has 2 saturated heterocycles. The molecule has 0 saturated carbocycles. The van der Waals surface area contributed by atoms with Crippen molar-refractivity contribution in [3.05, 3.63) is 46.7 Å². The lowest BCUT2D eigenvalue weighted by Gasteiger charge is -2.31. The van der Waals surface area contributed by atoms with E-state index < -0.39 is 18.0 Å². The van der Waals surface area contributed by atoms with Gasteiger partial charge in [0.25, 0.3) is 0 Å².